The van der Waals surface area contributed by atoms with Crippen LogP contribution >= 0.6 is 0 Å². The number of carbonyl (C=O) groups excluding carboxylic acids is 3. The van der Waals surface area contributed by atoms with Gasteiger partial charge in [0.05, 0.1) is 19.4 Å². The van der Waals surface area contributed by atoms with Gasteiger partial charge in [-0.2, -0.15) is 0 Å². The molecule has 3 N–H and O–H groups in total. The van der Waals surface area contributed by atoms with Crippen molar-refractivity contribution in [3.05, 3.63) is 47.9 Å². The molecule has 1 aliphatic rings. The van der Waals surface area contributed by atoms with Gasteiger partial charge in [0, 0.05) is 24.5 Å². The van der Waals surface area contributed by atoms with E-state index in [1.807, 2.05) is 19.1 Å². The van der Waals surface area contributed by atoms with Crippen LogP contribution in [0.3, 0.4) is 0 Å². The molecule has 0 spiro atoms. The van der Waals surface area contributed by atoms with Crippen LogP contribution in [0.15, 0.2) is 41.0 Å². The molecule has 28 heavy (non-hydrogen) atoms. The number of rotatable bonds is 7. The third-order valence-corrected chi connectivity index (χ3v) is 4.56. The molecule has 2 aromatic rings. The van der Waals surface area contributed by atoms with Gasteiger partial charge in [0.15, 0.2) is 5.76 Å². The quantitative estimate of drug-likeness (QED) is 0.674. The van der Waals surface area contributed by atoms with E-state index in [1.54, 1.807) is 6.07 Å². The van der Waals surface area contributed by atoms with Crippen LogP contribution in [0.1, 0.15) is 29.0 Å². The molecule has 1 aliphatic heterocycles. The van der Waals surface area contributed by atoms with Gasteiger partial charge in [-0.25, -0.2) is 0 Å². The van der Waals surface area contributed by atoms with Crippen molar-refractivity contribution in [1.82, 2.24) is 10.6 Å². The first-order valence-corrected chi connectivity index (χ1v) is 9.27. The maximum absolute atomic E-state index is 12.1. The van der Waals surface area contributed by atoms with E-state index in [4.69, 9.17) is 4.42 Å². The molecule has 148 valence electrons. The monoisotopic (exact) mass is 384 g/mol. The van der Waals surface area contributed by atoms with Crippen LogP contribution in [-0.2, 0) is 9.59 Å². The fourth-order valence-electron chi connectivity index (χ4n) is 3.05. The fraction of sp³-hybridized carbons (Fsp3) is 0.350. The molecule has 0 atom stereocenters. The Balaban J connectivity index is 1.42. The van der Waals surface area contributed by atoms with Crippen LogP contribution in [0.5, 0.6) is 0 Å². The average Bonchev–Trinajstić information content (AvgIpc) is 3.39. The first-order chi connectivity index (χ1) is 13.5. The van der Waals surface area contributed by atoms with Gasteiger partial charge in [-0.1, -0.05) is 0 Å². The van der Waals surface area contributed by atoms with E-state index in [1.165, 1.54) is 25.2 Å². The van der Waals surface area contributed by atoms with Crippen molar-refractivity contribution in [1.29, 1.82) is 0 Å². The molecule has 3 amide bonds. The lowest BCUT2D eigenvalue weighted by molar-refractivity contribution is -0.123. The highest BCUT2D eigenvalue weighted by molar-refractivity contribution is 5.97. The van der Waals surface area contributed by atoms with E-state index in [0.717, 1.165) is 24.3 Å². The molecule has 8 nitrogen and oxygen atoms in total. The molecule has 1 aromatic heterocycles. The number of nitrogens with one attached hydrogen (secondary N) is 3. The zero-order valence-corrected chi connectivity index (χ0v) is 15.8. The molecule has 1 aromatic carbocycles. The summed E-state index contributed by atoms with van der Waals surface area (Å²) in [5.74, 6) is -1.16. The molecule has 0 aliphatic carbocycles. The van der Waals surface area contributed by atoms with Gasteiger partial charge in [0.2, 0.25) is 11.8 Å². The molecule has 1 fully saturated rings. The van der Waals surface area contributed by atoms with Crippen molar-refractivity contribution >= 4 is 29.1 Å². The Kier molecular flexibility index (Phi) is 6.31. The Morgan fingerprint density at radius 2 is 1.79 bits per heavy atom. The van der Waals surface area contributed by atoms with Gasteiger partial charge in [-0.3, -0.25) is 14.4 Å². The van der Waals surface area contributed by atoms with Crippen molar-refractivity contribution in [2.24, 2.45) is 0 Å². The molecule has 3 rings (SSSR count). The summed E-state index contributed by atoms with van der Waals surface area (Å²) in [7, 11) is 0. The molecule has 0 unspecified atom stereocenters. The number of furan rings is 1. The van der Waals surface area contributed by atoms with Crippen molar-refractivity contribution in [3.8, 4) is 0 Å². The summed E-state index contributed by atoms with van der Waals surface area (Å²) in [6.45, 7) is 3.65. The van der Waals surface area contributed by atoms with E-state index < -0.39 is 11.8 Å². The highest BCUT2D eigenvalue weighted by atomic mass is 16.3. The van der Waals surface area contributed by atoms with E-state index in [0.29, 0.717) is 5.69 Å². The fourth-order valence-corrected chi connectivity index (χ4v) is 3.05. The molecular formula is C20H24N4O4. The second kappa shape index (κ2) is 9.07. The van der Waals surface area contributed by atoms with Crippen LogP contribution < -0.4 is 20.9 Å². The zero-order valence-electron chi connectivity index (χ0n) is 15.8. The second-order valence-corrected chi connectivity index (χ2v) is 6.68. The lowest BCUT2D eigenvalue weighted by Crippen LogP contribution is -2.40. The minimum Gasteiger partial charge on any atom is -0.459 e. The van der Waals surface area contributed by atoms with Crippen LogP contribution in [0, 0.1) is 6.92 Å². The number of nitrogens with zero attached hydrogens (tertiary/aromatic N) is 1. The Bertz CT molecular complexity index is 842. The molecule has 0 bridgehead atoms. The van der Waals surface area contributed by atoms with Crippen molar-refractivity contribution in [2.75, 3.05) is 36.4 Å². The summed E-state index contributed by atoms with van der Waals surface area (Å²) in [5, 5.41) is 7.69. The van der Waals surface area contributed by atoms with Gasteiger partial charge >= 0.3 is 0 Å². The van der Waals surface area contributed by atoms with Crippen molar-refractivity contribution in [3.63, 3.8) is 0 Å². The van der Waals surface area contributed by atoms with E-state index in [2.05, 4.69) is 26.9 Å². The van der Waals surface area contributed by atoms with Gasteiger partial charge in [-0.15, -0.1) is 0 Å². The van der Waals surface area contributed by atoms with E-state index >= 15 is 0 Å². The van der Waals surface area contributed by atoms with E-state index in [9.17, 15) is 14.4 Å². The van der Waals surface area contributed by atoms with Crippen LogP contribution in [-0.4, -0.2) is 43.9 Å². The maximum atomic E-state index is 12.1. The topological polar surface area (TPSA) is 104 Å². The van der Waals surface area contributed by atoms with Crippen molar-refractivity contribution < 1.29 is 18.8 Å². The number of amides is 3. The summed E-state index contributed by atoms with van der Waals surface area (Å²) < 4.78 is 4.93. The summed E-state index contributed by atoms with van der Waals surface area (Å²) in [4.78, 5) is 37.9. The third-order valence-electron chi connectivity index (χ3n) is 4.56. The normalized spacial score (nSPS) is 13.2. The summed E-state index contributed by atoms with van der Waals surface area (Å²) in [6, 6.07) is 9.02. The van der Waals surface area contributed by atoms with Crippen LogP contribution in [0.4, 0.5) is 11.4 Å². The van der Waals surface area contributed by atoms with Gasteiger partial charge in [0.1, 0.15) is 0 Å². The smallest absolute Gasteiger partial charge is 0.287 e. The number of hydrogen-bond donors (Lipinski definition) is 3. The standard InChI is InChI=1S/C20H24N4O4/c1-14-11-15(24-8-2-3-9-24)6-7-16(14)23-19(26)13-21-18(25)12-22-20(27)17-5-4-10-28-17/h4-7,10-11H,2-3,8-9,12-13H2,1H3,(H,21,25)(H,22,27)(H,23,26). The summed E-state index contributed by atoms with van der Waals surface area (Å²) in [6.07, 6.45) is 3.79. The molecule has 0 radical (unpaired) electrons. The lowest BCUT2D eigenvalue weighted by atomic mass is 10.1. The number of benzene rings is 1. The first kappa shape index (κ1) is 19.5. The Hall–Kier alpha value is -3.29. The molecule has 8 heteroatoms. The predicted octanol–water partition coefficient (Wildman–Crippen LogP) is 1.67. The molecule has 0 saturated carbocycles. The zero-order chi connectivity index (χ0) is 19.9. The number of carbonyl (C=O) groups is 3. The van der Waals surface area contributed by atoms with Crippen LogP contribution in [0.2, 0.25) is 0 Å². The minimum absolute atomic E-state index is 0.124. The number of anilines is 2. The predicted molar refractivity (Wildman–Crippen MR) is 105 cm³/mol. The number of hydrogen-bond acceptors (Lipinski definition) is 5. The van der Waals surface area contributed by atoms with E-state index in [-0.39, 0.29) is 24.8 Å². The largest absolute Gasteiger partial charge is 0.459 e. The van der Waals surface area contributed by atoms with Crippen molar-refractivity contribution in [2.45, 2.75) is 19.8 Å². The molecule has 1 saturated heterocycles. The van der Waals surface area contributed by atoms with Gasteiger partial charge in [-0.05, 0) is 55.7 Å². The highest BCUT2D eigenvalue weighted by Crippen LogP contribution is 2.25. The average molecular weight is 384 g/mol. The minimum atomic E-state index is -0.488. The Labute approximate surface area is 163 Å². The molecule has 2 heterocycles. The lowest BCUT2D eigenvalue weighted by Gasteiger charge is -2.19. The second-order valence-electron chi connectivity index (χ2n) is 6.68. The number of aryl methyl sites for hydroxylation is 1. The summed E-state index contributed by atoms with van der Waals surface area (Å²) in [5.41, 5.74) is 2.84. The van der Waals surface area contributed by atoms with Gasteiger partial charge < -0.3 is 25.3 Å². The molecular weight excluding hydrogens is 360 g/mol. The van der Waals surface area contributed by atoms with Crippen LogP contribution in [0.25, 0.3) is 0 Å². The highest BCUT2D eigenvalue weighted by Gasteiger charge is 2.14. The summed E-state index contributed by atoms with van der Waals surface area (Å²) >= 11 is 0. The SMILES string of the molecule is Cc1cc(N2CCCC2)ccc1NC(=O)CNC(=O)CNC(=O)c1ccco1. The Morgan fingerprint density at radius 3 is 2.46 bits per heavy atom. The Morgan fingerprint density at radius 1 is 1.04 bits per heavy atom. The third kappa shape index (κ3) is 5.12. The van der Waals surface area contributed by atoms with Gasteiger partial charge in [0.25, 0.3) is 5.91 Å². The first-order valence-electron chi connectivity index (χ1n) is 9.27. The maximum Gasteiger partial charge on any atom is 0.287 e.